The summed E-state index contributed by atoms with van der Waals surface area (Å²) in [4.78, 5) is 16.7. The highest BCUT2D eigenvalue weighted by Gasteiger charge is 2.41. The van der Waals surface area contributed by atoms with E-state index in [1.807, 2.05) is 35.2 Å². The van der Waals surface area contributed by atoms with E-state index >= 15 is 0 Å². The van der Waals surface area contributed by atoms with Crippen LogP contribution in [0.4, 0.5) is 0 Å². The van der Waals surface area contributed by atoms with Gasteiger partial charge >= 0.3 is 0 Å². The van der Waals surface area contributed by atoms with Crippen molar-refractivity contribution >= 4 is 5.91 Å². The molecule has 23 heavy (non-hydrogen) atoms. The lowest BCUT2D eigenvalue weighted by Gasteiger charge is -2.31. The Morgan fingerprint density at radius 1 is 1.26 bits per heavy atom. The van der Waals surface area contributed by atoms with Gasteiger partial charge in [0.05, 0.1) is 6.54 Å². The number of hydrogen-bond acceptors (Lipinski definition) is 4. The number of rotatable bonds is 4. The van der Waals surface area contributed by atoms with E-state index in [2.05, 4.69) is 11.9 Å². The molecule has 2 aliphatic rings. The Hall–Kier alpha value is -1.59. The van der Waals surface area contributed by atoms with E-state index in [9.17, 15) is 9.90 Å². The van der Waals surface area contributed by atoms with Gasteiger partial charge in [0, 0.05) is 12.5 Å². The molecule has 0 aromatic heterocycles. The van der Waals surface area contributed by atoms with Crippen molar-refractivity contribution in [3.8, 4) is 5.75 Å². The fraction of sp³-hybridized carbons (Fsp3) is 0.611. The lowest BCUT2D eigenvalue weighted by atomic mass is 9.95. The van der Waals surface area contributed by atoms with Crippen LogP contribution in [0.3, 0.4) is 0 Å². The van der Waals surface area contributed by atoms with Gasteiger partial charge in [-0.1, -0.05) is 18.2 Å². The fourth-order valence-electron chi connectivity index (χ4n) is 3.41. The Bertz CT molecular complexity index is 528. The summed E-state index contributed by atoms with van der Waals surface area (Å²) in [6.45, 7) is 3.19. The van der Waals surface area contributed by atoms with Crippen LogP contribution in [0.25, 0.3) is 0 Å². The average Bonchev–Trinajstić information content (AvgIpc) is 2.97. The van der Waals surface area contributed by atoms with Gasteiger partial charge in [0.25, 0.3) is 0 Å². The fourth-order valence-corrected chi connectivity index (χ4v) is 3.41. The number of amides is 1. The van der Waals surface area contributed by atoms with Gasteiger partial charge in [-0.3, -0.25) is 4.79 Å². The largest absolute Gasteiger partial charge is 0.491 e. The molecular formula is C18H26N2O3. The Morgan fingerprint density at radius 3 is 2.65 bits per heavy atom. The van der Waals surface area contributed by atoms with E-state index in [4.69, 9.17) is 4.74 Å². The Labute approximate surface area is 137 Å². The molecule has 0 radical (unpaired) electrons. The molecule has 3 rings (SSSR count). The molecule has 1 aromatic rings. The number of benzene rings is 1. The summed E-state index contributed by atoms with van der Waals surface area (Å²) in [5.74, 6) is 1.07. The molecule has 1 N–H and O–H groups in total. The lowest BCUT2D eigenvalue weighted by molar-refractivity contribution is -0.137. The quantitative estimate of drug-likeness (QED) is 0.911. The molecule has 2 aliphatic heterocycles. The first-order valence-electron chi connectivity index (χ1n) is 8.43. The van der Waals surface area contributed by atoms with Crippen LogP contribution in [-0.2, 0) is 4.79 Å². The van der Waals surface area contributed by atoms with Crippen LogP contribution in [0.1, 0.15) is 19.3 Å². The number of nitrogens with zero attached hydrogens (tertiary/aromatic N) is 2. The minimum absolute atomic E-state index is 0.114. The second-order valence-corrected chi connectivity index (χ2v) is 6.91. The van der Waals surface area contributed by atoms with Crippen LogP contribution in [-0.4, -0.2) is 66.2 Å². The van der Waals surface area contributed by atoms with Crippen molar-refractivity contribution in [2.75, 3.05) is 39.8 Å². The molecule has 2 saturated heterocycles. The van der Waals surface area contributed by atoms with Gasteiger partial charge in [-0.25, -0.2) is 0 Å². The summed E-state index contributed by atoms with van der Waals surface area (Å²) in [5.41, 5.74) is -0.934. The Morgan fingerprint density at radius 2 is 1.96 bits per heavy atom. The number of β-amino-alcohol motifs (C(OH)–C–C–N with tert-alkyl or cyclic N) is 1. The number of piperidine rings is 1. The predicted octanol–water partition coefficient (Wildman–Crippen LogP) is 1.37. The molecule has 0 bridgehead atoms. The highest BCUT2D eigenvalue weighted by molar-refractivity contribution is 5.79. The number of aliphatic hydroxyl groups is 1. The van der Waals surface area contributed by atoms with E-state index in [0.717, 1.165) is 31.7 Å². The van der Waals surface area contributed by atoms with Gasteiger partial charge in [-0.15, -0.1) is 0 Å². The van der Waals surface area contributed by atoms with Crippen LogP contribution >= 0.6 is 0 Å². The number of para-hydroxylation sites is 1. The van der Waals surface area contributed by atoms with Crippen molar-refractivity contribution in [3.05, 3.63) is 30.3 Å². The first-order valence-corrected chi connectivity index (χ1v) is 8.43. The van der Waals surface area contributed by atoms with Crippen LogP contribution in [0, 0.1) is 5.92 Å². The molecular weight excluding hydrogens is 292 g/mol. The normalized spacial score (nSPS) is 26.4. The summed E-state index contributed by atoms with van der Waals surface area (Å²) in [6, 6.07) is 9.49. The van der Waals surface area contributed by atoms with Gasteiger partial charge in [0.15, 0.2) is 0 Å². The van der Waals surface area contributed by atoms with E-state index in [1.54, 1.807) is 0 Å². The maximum Gasteiger partial charge on any atom is 0.225 e. The van der Waals surface area contributed by atoms with E-state index < -0.39 is 5.60 Å². The monoisotopic (exact) mass is 318 g/mol. The number of likely N-dealkylation sites (tertiary alicyclic amines) is 2. The number of hydrogen-bond donors (Lipinski definition) is 1. The van der Waals surface area contributed by atoms with E-state index in [1.165, 1.54) is 0 Å². The topological polar surface area (TPSA) is 53.0 Å². The third-order valence-electron chi connectivity index (χ3n) is 4.96. The van der Waals surface area contributed by atoms with Crippen LogP contribution in [0.2, 0.25) is 0 Å². The molecule has 5 heteroatoms. The Balaban J connectivity index is 1.51. The maximum atomic E-state index is 12.6. The van der Waals surface area contributed by atoms with Crippen molar-refractivity contribution in [3.63, 3.8) is 0 Å². The third kappa shape index (κ3) is 4.03. The second-order valence-electron chi connectivity index (χ2n) is 6.91. The average molecular weight is 318 g/mol. The Kier molecular flexibility index (Phi) is 4.87. The SMILES string of the molecule is CN1CCC(C(=O)N2CC[C@@](O)(COc3ccccc3)C2)CC1. The zero-order valence-electron chi connectivity index (χ0n) is 13.8. The maximum absolute atomic E-state index is 12.6. The smallest absolute Gasteiger partial charge is 0.225 e. The molecule has 1 atom stereocenters. The van der Waals surface area contributed by atoms with Crippen LogP contribution < -0.4 is 4.74 Å². The molecule has 1 aromatic carbocycles. The van der Waals surface area contributed by atoms with E-state index in [-0.39, 0.29) is 18.4 Å². The van der Waals surface area contributed by atoms with Crippen molar-refractivity contribution in [2.24, 2.45) is 5.92 Å². The summed E-state index contributed by atoms with van der Waals surface area (Å²) in [5, 5.41) is 10.7. The third-order valence-corrected chi connectivity index (χ3v) is 4.96. The van der Waals surface area contributed by atoms with Gasteiger partial charge in [0.2, 0.25) is 5.91 Å². The molecule has 0 aliphatic carbocycles. The lowest BCUT2D eigenvalue weighted by Crippen LogP contribution is -2.44. The van der Waals surface area contributed by atoms with Gasteiger partial charge < -0.3 is 19.6 Å². The van der Waals surface area contributed by atoms with Gasteiger partial charge in [-0.2, -0.15) is 0 Å². The minimum atomic E-state index is -0.934. The van der Waals surface area contributed by atoms with Crippen LogP contribution in [0.15, 0.2) is 30.3 Å². The summed E-state index contributed by atoms with van der Waals surface area (Å²) < 4.78 is 5.69. The number of carbonyl (C=O) groups excluding carboxylic acids is 1. The predicted molar refractivity (Wildman–Crippen MR) is 88.3 cm³/mol. The van der Waals surface area contributed by atoms with E-state index in [0.29, 0.717) is 19.5 Å². The summed E-state index contributed by atoms with van der Waals surface area (Å²) >= 11 is 0. The van der Waals surface area contributed by atoms with Crippen molar-refractivity contribution in [1.29, 1.82) is 0 Å². The first kappa shape index (κ1) is 16.3. The first-order chi connectivity index (χ1) is 11.1. The summed E-state index contributed by atoms with van der Waals surface area (Å²) in [6.07, 6.45) is 2.42. The molecule has 2 fully saturated rings. The van der Waals surface area contributed by atoms with Crippen molar-refractivity contribution in [2.45, 2.75) is 24.9 Å². The van der Waals surface area contributed by atoms with Crippen LogP contribution in [0.5, 0.6) is 5.75 Å². The zero-order valence-corrected chi connectivity index (χ0v) is 13.8. The number of carbonyl (C=O) groups is 1. The van der Waals surface area contributed by atoms with Gasteiger partial charge in [0.1, 0.15) is 18.0 Å². The number of ether oxygens (including phenoxy) is 1. The highest BCUT2D eigenvalue weighted by atomic mass is 16.5. The molecule has 126 valence electrons. The molecule has 2 heterocycles. The molecule has 1 amide bonds. The molecule has 0 saturated carbocycles. The molecule has 0 unspecified atom stereocenters. The molecule has 5 nitrogen and oxygen atoms in total. The van der Waals surface area contributed by atoms with Crippen molar-refractivity contribution in [1.82, 2.24) is 9.80 Å². The van der Waals surface area contributed by atoms with Crippen molar-refractivity contribution < 1.29 is 14.6 Å². The van der Waals surface area contributed by atoms with Gasteiger partial charge in [-0.05, 0) is 51.5 Å². The standard InChI is InChI=1S/C18H26N2O3/c1-19-10-7-15(8-11-19)17(21)20-12-9-18(22,13-20)14-23-16-5-3-2-4-6-16/h2-6,15,22H,7-14H2,1H3/t18-/m0/s1. The second kappa shape index (κ2) is 6.89. The molecule has 0 spiro atoms. The zero-order chi connectivity index (χ0) is 16.3. The minimum Gasteiger partial charge on any atom is -0.491 e. The highest BCUT2D eigenvalue weighted by Crippen LogP contribution is 2.27. The summed E-state index contributed by atoms with van der Waals surface area (Å²) in [7, 11) is 2.09.